The molecule has 0 N–H and O–H groups in total. The van der Waals surface area contributed by atoms with Crippen LogP contribution in [0.3, 0.4) is 0 Å². The van der Waals surface area contributed by atoms with Crippen LogP contribution in [0.4, 0.5) is 0 Å². The van der Waals surface area contributed by atoms with Gasteiger partial charge in [-0.05, 0) is 31.0 Å². The van der Waals surface area contributed by atoms with E-state index in [1.807, 2.05) is 31.2 Å². The molecule has 2 nitrogen and oxygen atoms in total. The van der Waals surface area contributed by atoms with Crippen molar-refractivity contribution in [2.45, 2.75) is 19.8 Å². The van der Waals surface area contributed by atoms with Crippen molar-refractivity contribution < 1.29 is 0 Å². The number of nitrogens with zero attached hydrogens (tertiary/aromatic N) is 2. The molecule has 3 aromatic rings. The second kappa shape index (κ2) is 5.76. The first kappa shape index (κ1) is 13.3. The second-order valence-electron chi connectivity index (χ2n) is 5.05. The first-order valence-electron chi connectivity index (χ1n) is 7.04. The van der Waals surface area contributed by atoms with E-state index in [0.717, 1.165) is 40.8 Å². The number of terminal acetylenes is 1. The topological polar surface area (TPSA) is 25.8 Å². The molecule has 1 heterocycles. The largest absolute Gasteiger partial charge is 0.249 e. The number of fused-ring (bicyclic) bond motifs is 1. The van der Waals surface area contributed by atoms with Gasteiger partial charge in [-0.3, -0.25) is 0 Å². The van der Waals surface area contributed by atoms with Gasteiger partial charge >= 0.3 is 0 Å². The number of rotatable bonds is 3. The predicted molar refractivity (Wildman–Crippen MR) is 86.9 cm³/mol. The Morgan fingerprint density at radius 2 is 1.81 bits per heavy atom. The van der Waals surface area contributed by atoms with Crippen molar-refractivity contribution in [2.24, 2.45) is 0 Å². The zero-order chi connectivity index (χ0) is 14.7. The van der Waals surface area contributed by atoms with Crippen molar-refractivity contribution >= 4 is 11.0 Å². The summed E-state index contributed by atoms with van der Waals surface area (Å²) < 4.78 is 0. The smallest absolute Gasteiger partial charge is 0.0922 e. The van der Waals surface area contributed by atoms with Crippen LogP contribution in [0.5, 0.6) is 0 Å². The Balaban J connectivity index is 2.10. The third-order valence-corrected chi connectivity index (χ3v) is 3.51. The van der Waals surface area contributed by atoms with E-state index >= 15 is 0 Å². The summed E-state index contributed by atoms with van der Waals surface area (Å²) in [7, 11) is 0. The Bertz CT molecular complexity index is 814. The molecule has 102 valence electrons. The summed E-state index contributed by atoms with van der Waals surface area (Å²) in [5.74, 6) is 2.67. The van der Waals surface area contributed by atoms with E-state index in [2.05, 4.69) is 35.2 Å². The van der Waals surface area contributed by atoms with Gasteiger partial charge in [-0.2, -0.15) is 0 Å². The third kappa shape index (κ3) is 2.78. The normalized spacial score (nSPS) is 10.5. The van der Waals surface area contributed by atoms with Gasteiger partial charge in [0.25, 0.3) is 0 Å². The molecule has 0 fully saturated rings. The lowest BCUT2D eigenvalue weighted by Gasteiger charge is -2.08. The molecule has 0 amide bonds. The van der Waals surface area contributed by atoms with E-state index in [1.54, 1.807) is 0 Å². The van der Waals surface area contributed by atoms with Crippen molar-refractivity contribution in [1.82, 2.24) is 9.97 Å². The van der Waals surface area contributed by atoms with Gasteiger partial charge in [-0.15, -0.1) is 12.3 Å². The van der Waals surface area contributed by atoms with Crippen molar-refractivity contribution in [1.29, 1.82) is 0 Å². The molecule has 1 aromatic heterocycles. The summed E-state index contributed by atoms with van der Waals surface area (Å²) in [6.07, 6.45) is 6.96. The molecule has 0 saturated heterocycles. The van der Waals surface area contributed by atoms with Crippen LogP contribution in [0, 0.1) is 19.3 Å². The van der Waals surface area contributed by atoms with Crippen LogP contribution in [-0.2, 0) is 6.42 Å². The summed E-state index contributed by atoms with van der Waals surface area (Å²) in [6.45, 7) is 2.00. The van der Waals surface area contributed by atoms with Crippen LogP contribution < -0.4 is 0 Å². The lowest BCUT2D eigenvalue weighted by molar-refractivity contribution is 1.03. The predicted octanol–water partition coefficient (Wildman–Crippen LogP) is 4.17. The number of aryl methyl sites for hydroxylation is 2. The molecule has 0 saturated carbocycles. The van der Waals surface area contributed by atoms with Gasteiger partial charge in [0.2, 0.25) is 0 Å². The molecule has 3 rings (SSSR count). The molecular formula is C19H16N2. The van der Waals surface area contributed by atoms with E-state index in [4.69, 9.17) is 11.4 Å². The molecular weight excluding hydrogens is 256 g/mol. The molecule has 0 aliphatic rings. The van der Waals surface area contributed by atoms with Crippen LogP contribution >= 0.6 is 0 Å². The highest BCUT2D eigenvalue weighted by Crippen LogP contribution is 2.23. The quantitative estimate of drug-likeness (QED) is 0.669. The molecule has 0 aliphatic heterocycles. The lowest BCUT2D eigenvalue weighted by Crippen LogP contribution is -1.95. The van der Waals surface area contributed by atoms with Gasteiger partial charge in [0.15, 0.2) is 0 Å². The molecule has 0 atom stereocenters. The monoisotopic (exact) mass is 272 g/mol. The average Bonchev–Trinajstić information content (AvgIpc) is 2.53. The number of benzene rings is 2. The van der Waals surface area contributed by atoms with Crippen molar-refractivity contribution in [3.63, 3.8) is 0 Å². The number of hydrogen-bond acceptors (Lipinski definition) is 2. The van der Waals surface area contributed by atoms with Crippen molar-refractivity contribution in [3.8, 4) is 23.6 Å². The molecule has 0 spiro atoms. The maximum Gasteiger partial charge on any atom is 0.0922 e. The highest BCUT2D eigenvalue weighted by atomic mass is 14.8. The first-order chi connectivity index (χ1) is 10.3. The fraction of sp³-hybridized carbons (Fsp3) is 0.158. The Morgan fingerprint density at radius 1 is 1.00 bits per heavy atom. The Labute approximate surface area is 124 Å². The summed E-state index contributed by atoms with van der Waals surface area (Å²) in [6, 6.07) is 16.4. The van der Waals surface area contributed by atoms with E-state index in [1.165, 1.54) is 5.56 Å². The third-order valence-electron chi connectivity index (χ3n) is 3.51. The minimum atomic E-state index is 0.746. The molecule has 0 aliphatic carbocycles. The molecule has 2 aromatic carbocycles. The molecule has 0 bridgehead atoms. The van der Waals surface area contributed by atoms with Gasteiger partial charge in [-0.25, -0.2) is 9.97 Å². The molecule has 0 unspecified atom stereocenters. The fourth-order valence-corrected chi connectivity index (χ4v) is 2.43. The summed E-state index contributed by atoms with van der Waals surface area (Å²) in [4.78, 5) is 9.47. The highest BCUT2D eigenvalue weighted by Gasteiger charge is 2.07. The van der Waals surface area contributed by atoms with Crippen LogP contribution in [0.1, 0.15) is 17.7 Å². The van der Waals surface area contributed by atoms with Gasteiger partial charge in [0.1, 0.15) is 0 Å². The standard InChI is InChI=1S/C19H16N2/c1-3-4-8-15-11-12-17-18(13-15)21-19(14(2)20-17)16-9-6-5-7-10-16/h1,5-7,9-13H,4,8H2,2H3. The first-order valence-corrected chi connectivity index (χ1v) is 7.04. The van der Waals surface area contributed by atoms with Crippen molar-refractivity contribution in [2.75, 3.05) is 0 Å². The Kier molecular flexibility index (Phi) is 3.66. The van der Waals surface area contributed by atoms with Crippen molar-refractivity contribution in [3.05, 3.63) is 59.8 Å². The minimum Gasteiger partial charge on any atom is -0.249 e. The van der Waals surface area contributed by atoms with Crippen LogP contribution in [-0.4, -0.2) is 9.97 Å². The van der Waals surface area contributed by atoms with Crippen LogP contribution in [0.25, 0.3) is 22.3 Å². The van der Waals surface area contributed by atoms with Crippen LogP contribution in [0.15, 0.2) is 48.5 Å². The van der Waals surface area contributed by atoms with Gasteiger partial charge in [0, 0.05) is 12.0 Å². The zero-order valence-electron chi connectivity index (χ0n) is 12.0. The fourth-order valence-electron chi connectivity index (χ4n) is 2.43. The summed E-state index contributed by atoms with van der Waals surface area (Å²) in [5, 5.41) is 0. The summed E-state index contributed by atoms with van der Waals surface area (Å²) in [5.41, 5.74) is 6.05. The van der Waals surface area contributed by atoms with E-state index in [9.17, 15) is 0 Å². The number of aromatic nitrogens is 2. The lowest BCUT2D eigenvalue weighted by atomic mass is 10.1. The SMILES string of the molecule is C#CCCc1ccc2nc(C)c(-c3ccccc3)nc2c1. The molecule has 21 heavy (non-hydrogen) atoms. The van der Waals surface area contributed by atoms with Gasteiger partial charge < -0.3 is 0 Å². The molecule has 0 radical (unpaired) electrons. The maximum absolute atomic E-state index is 5.33. The van der Waals surface area contributed by atoms with Gasteiger partial charge in [-0.1, -0.05) is 36.4 Å². The molecule has 2 heteroatoms. The Hall–Kier alpha value is -2.66. The Morgan fingerprint density at radius 3 is 2.57 bits per heavy atom. The second-order valence-corrected chi connectivity index (χ2v) is 5.05. The summed E-state index contributed by atoms with van der Waals surface area (Å²) >= 11 is 0. The maximum atomic E-state index is 5.33. The van der Waals surface area contributed by atoms with E-state index in [-0.39, 0.29) is 0 Å². The average molecular weight is 272 g/mol. The van der Waals surface area contributed by atoms with E-state index in [0.29, 0.717) is 0 Å². The van der Waals surface area contributed by atoms with E-state index < -0.39 is 0 Å². The number of hydrogen-bond donors (Lipinski definition) is 0. The van der Waals surface area contributed by atoms with Gasteiger partial charge in [0.05, 0.1) is 22.4 Å². The minimum absolute atomic E-state index is 0.746. The highest BCUT2D eigenvalue weighted by molar-refractivity contribution is 5.79. The zero-order valence-corrected chi connectivity index (χ0v) is 12.0. The van der Waals surface area contributed by atoms with Crippen LogP contribution in [0.2, 0.25) is 0 Å².